The van der Waals surface area contributed by atoms with Crippen molar-refractivity contribution in [1.29, 1.82) is 0 Å². The number of aliphatic hydroxyl groups excluding tert-OH is 1. The van der Waals surface area contributed by atoms with E-state index in [0.717, 1.165) is 12.8 Å². The van der Waals surface area contributed by atoms with Gasteiger partial charge in [-0.3, -0.25) is 0 Å². The zero-order valence-electron chi connectivity index (χ0n) is 23.6. The third-order valence-electron chi connectivity index (χ3n) is 12.3. The van der Waals surface area contributed by atoms with Crippen LogP contribution in [0.3, 0.4) is 0 Å². The van der Waals surface area contributed by atoms with E-state index >= 15 is 0 Å². The van der Waals surface area contributed by atoms with E-state index in [-0.39, 0.29) is 28.5 Å². The monoisotopic (exact) mass is 503 g/mol. The molecule has 1 saturated heterocycles. The van der Waals surface area contributed by atoms with Crippen molar-refractivity contribution in [3.8, 4) is 0 Å². The average molecular weight is 504 g/mol. The van der Waals surface area contributed by atoms with Gasteiger partial charge in [-0.05, 0) is 101 Å². The molecule has 0 radical (unpaired) electrons. The summed E-state index contributed by atoms with van der Waals surface area (Å²) >= 11 is 0. The Morgan fingerprint density at radius 2 is 1.97 bits per heavy atom. The van der Waals surface area contributed by atoms with E-state index in [4.69, 9.17) is 9.47 Å². The van der Waals surface area contributed by atoms with Crippen LogP contribution in [0.25, 0.3) is 10.9 Å². The summed E-state index contributed by atoms with van der Waals surface area (Å²) in [6, 6.07) is 8.89. The highest BCUT2D eigenvalue weighted by Gasteiger charge is 2.78. The molecule has 4 fully saturated rings. The maximum atomic E-state index is 11.7. The molecule has 0 bridgehead atoms. The molecule has 7 rings (SSSR count). The van der Waals surface area contributed by atoms with Crippen LogP contribution in [-0.2, 0) is 21.3 Å². The van der Waals surface area contributed by atoms with Crippen molar-refractivity contribution >= 4 is 10.9 Å². The number of aliphatic hydroxyl groups is 1. The first-order valence-electron chi connectivity index (χ1n) is 14.7. The number of nitrogens with one attached hydrogen (secondary N) is 1. The minimum Gasteiger partial charge on any atom is -0.390 e. The van der Waals surface area contributed by atoms with Crippen molar-refractivity contribution in [2.75, 3.05) is 6.61 Å². The quantitative estimate of drug-likeness (QED) is 0.456. The molecule has 5 aliphatic rings. The van der Waals surface area contributed by atoms with Gasteiger partial charge in [0.25, 0.3) is 0 Å². The number of hydrogen-bond acceptors (Lipinski definition) is 3. The summed E-state index contributed by atoms with van der Waals surface area (Å²) in [5, 5.41) is 13.1. The van der Waals surface area contributed by atoms with Gasteiger partial charge in [0, 0.05) is 27.4 Å². The topological polar surface area (TPSA) is 54.5 Å². The third kappa shape index (κ3) is 3.01. The number of H-pyrrole nitrogens is 1. The summed E-state index contributed by atoms with van der Waals surface area (Å²) in [4.78, 5) is 3.93. The van der Waals surface area contributed by atoms with Crippen LogP contribution in [0.1, 0.15) is 84.9 Å². The van der Waals surface area contributed by atoms with Gasteiger partial charge in [-0.2, -0.15) is 0 Å². The smallest absolute Gasteiger partial charge is 0.112 e. The highest BCUT2D eigenvalue weighted by atomic mass is 16.6. The van der Waals surface area contributed by atoms with Gasteiger partial charge >= 0.3 is 0 Å². The number of para-hydroxylation sites is 1. The minimum absolute atomic E-state index is 0.127. The molecule has 1 spiro atoms. The molecule has 4 aliphatic carbocycles. The Balaban J connectivity index is 1.21. The maximum absolute atomic E-state index is 11.7. The second-order valence-corrected chi connectivity index (χ2v) is 14.4. The zero-order chi connectivity index (χ0) is 26.0. The van der Waals surface area contributed by atoms with E-state index in [1.807, 2.05) is 0 Å². The lowest BCUT2D eigenvalue weighted by Gasteiger charge is -2.64. The predicted molar refractivity (Wildman–Crippen MR) is 148 cm³/mol. The summed E-state index contributed by atoms with van der Waals surface area (Å²) in [5.41, 5.74) is 5.60. The van der Waals surface area contributed by atoms with Crippen molar-refractivity contribution in [3.05, 3.63) is 47.2 Å². The van der Waals surface area contributed by atoms with Crippen LogP contribution in [0.4, 0.5) is 0 Å². The van der Waals surface area contributed by atoms with Crippen molar-refractivity contribution in [2.24, 2.45) is 28.6 Å². The number of fused-ring (bicyclic) bond motifs is 7. The zero-order valence-corrected chi connectivity index (χ0v) is 23.6. The molecular formula is C33H45NO3. The molecule has 1 aromatic carbocycles. The average Bonchev–Trinajstić information content (AvgIpc) is 3.38. The molecule has 1 aliphatic heterocycles. The van der Waals surface area contributed by atoms with Gasteiger partial charge in [0.2, 0.25) is 0 Å². The van der Waals surface area contributed by atoms with Crippen LogP contribution in [0.2, 0.25) is 0 Å². The second kappa shape index (κ2) is 7.73. The van der Waals surface area contributed by atoms with Crippen LogP contribution in [0.15, 0.2) is 35.9 Å². The number of ether oxygens (including phenoxy) is 2. The summed E-state index contributed by atoms with van der Waals surface area (Å²) in [5.74, 6) is 1.62. The fourth-order valence-electron chi connectivity index (χ4n) is 10.2. The van der Waals surface area contributed by atoms with Crippen LogP contribution < -0.4 is 0 Å². The highest BCUT2D eigenvalue weighted by molar-refractivity contribution is 5.86. The van der Waals surface area contributed by atoms with Crippen LogP contribution >= 0.6 is 0 Å². The number of allylic oxidation sites excluding steroid dienone is 1. The van der Waals surface area contributed by atoms with Gasteiger partial charge in [0.05, 0.1) is 24.4 Å². The van der Waals surface area contributed by atoms with Crippen molar-refractivity contribution < 1.29 is 14.6 Å². The van der Waals surface area contributed by atoms with Gasteiger partial charge < -0.3 is 19.6 Å². The number of benzene rings is 1. The largest absolute Gasteiger partial charge is 0.390 e. The Labute approximate surface area is 222 Å². The van der Waals surface area contributed by atoms with Crippen LogP contribution in [0.5, 0.6) is 0 Å². The Kier molecular flexibility index (Phi) is 5.10. The molecular weight excluding hydrogens is 458 g/mol. The molecule has 4 heteroatoms. The molecule has 1 aromatic heterocycles. The lowest BCUT2D eigenvalue weighted by Crippen LogP contribution is -2.64. The van der Waals surface area contributed by atoms with E-state index in [0.29, 0.717) is 24.4 Å². The molecule has 2 heterocycles. The maximum Gasteiger partial charge on any atom is 0.112 e. The lowest BCUT2D eigenvalue weighted by atomic mass is 9.42. The molecule has 2 aromatic rings. The molecule has 9 atom stereocenters. The van der Waals surface area contributed by atoms with Crippen molar-refractivity contribution in [3.63, 3.8) is 0 Å². The fraction of sp³-hybridized carbons (Fsp3) is 0.697. The first-order valence-corrected chi connectivity index (χ1v) is 14.7. The lowest BCUT2D eigenvalue weighted by molar-refractivity contribution is -0.255. The first kappa shape index (κ1) is 24.4. The Hall–Kier alpha value is -1.62. The Morgan fingerprint density at radius 1 is 1.19 bits per heavy atom. The Morgan fingerprint density at radius 3 is 2.76 bits per heavy atom. The fourth-order valence-corrected chi connectivity index (χ4v) is 10.2. The number of hydrogen-bond donors (Lipinski definition) is 2. The number of rotatable bonds is 4. The van der Waals surface area contributed by atoms with E-state index < -0.39 is 11.7 Å². The SMILES string of the molecule is CC(C)=CCOC(C)(C)[C@H]1O[C@H]2CC[C@@]3(C)[C@@H](CC[C@H]4Cc5c([nH]c6ccccc56)[C@@]43C)[C@]23C[C@@H]3[C@@H]1O. The van der Waals surface area contributed by atoms with Gasteiger partial charge in [-0.25, -0.2) is 0 Å². The molecule has 200 valence electrons. The first-order chi connectivity index (χ1) is 17.5. The standard InChI is InChI=1S/C33H45NO3/c1-19(2)14-16-36-30(3,4)29-27(35)23-18-33(23)25-12-11-20-17-22-21-9-7-8-10-24(21)34-28(22)32(20,6)31(25,5)15-13-26(33)37-29/h7-10,14,20,23,25-27,29,34-35H,11-13,15-18H2,1-6H3/t20-,23+,25+,26-,27-,29-,31-,32+,33+/m0/s1. The van der Waals surface area contributed by atoms with Gasteiger partial charge in [0.1, 0.15) is 6.10 Å². The third-order valence-corrected chi connectivity index (χ3v) is 12.3. The molecule has 3 saturated carbocycles. The molecule has 4 nitrogen and oxygen atoms in total. The van der Waals surface area contributed by atoms with Gasteiger partial charge in [-0.15, -0.1) is 0 Å². The van der Waals surface area contributed by atoms with Gasteiger partial charge in [0.15, 0.2) is 0 Å². The van der Waals surface area contributed by atoms with Crippen molar-refractivity contribution in [2.45, 2.75) is 109 Å². The highest BCUT2D eigenvalue weighted by Crippen LogP contribution is 2.79. The molecule has 0 amide bonds. The Bertz CT molecular complexity index is 1270. The molecule has 37 heavy (non-hydrogen) atoms. The van der Waals surface area contributed by atoms with E-state index in [9.17, 15) is 5.11 Å². The second-order valence-electron chi connectivity index (χ2n) is 14.4. The normalized spacial score (nSPS) is 43.9. The van der Waals surface area contributed by atoms with Crippen molar-refractivity contribution in [1.82, 2.24) is 4.98 Å². The van der Waals surface area contributed by atoms with Gasteiger partial charge in [-0.1, -0.05) is 43.7 Å². The number of aromatic amines is 1. The predicted octanol–water partition coefficient (Wildman–Crippen LogP) is 6.70. The summed E-state index contributed by atoms with van der Waals surface area (Å²) in [6.07, 6.45) is 8.78. The summed E-state index contributed by atoms with van der Waals surface area (Å²) in [6.45, 7) is 14.2. The summed E-state index contributed by atoms with van der Waals surface area (Å²) in [7, 11) is 0. The van der Waals surface area contributed by atoms with E-state index in [1.54, 1.807) is 5.56 Å². The van der Waals surface area contributed by atoms with Crippen LogP contribution in [-0.4, -0.2) is 40.6 Å². The molecule has 2 N–H and O–H groups in total. The summed E-state index contributed by atoms with van der Waals surface area (Å²) < 4.78 is 13.2. The number of aromatic nitrogens is 1. The minimum atomic E-state index is -0.519. The molecule has 0 unspecified atom stereocenters. The van der Waals surface area contributed by atoms with E-state index in [1.165, 1.54) is 47.9 Å². The van der Waals surface area contributed by atoms with Crippen LogP contribution in [0, 0.1) is 28.6 Å². The van der Waals surface area contributed by atoms with E-state index in [2.05, 4.69) is 76.9 Å².